The Morgan fingerprint density at radius 2 is 1.84 bits per heavy atom. The average molecular weight is 488 g/mol. The number of halogens is 4. The molecule has 0 bridgehead atoms. The molecule has 8 nitrogen and oxygen atoms in total. The van der Waals surface area contributed by atoms with Crippen LogP contribution in [0.2, 0.25) is 5.02 Å². The molecule has 13 heteroatoms. The molecule has 0 unspecified atom stereocenters. The second-order valence-corrected chi connectivity index (χ2v) is 9.50. The summed E-state index contributed by atoms with van der Waals surface area (Å²) in [7, 11) is -4.29. The highest BCUT2D eigenvalue weighted by Gasteiger charge is 2.36. The number of piperazine rings is 1. The first kappa shape index (κ1) is 22.5. The molecule has 3 heterocycles. The van der Waals surface area contributed by atoms with Crippen LogP contribution in [0.25, 0.3) is 5.65 Å². The Morgan fingerprint density at radius 1 is 1.16 bits per heavy atom. The molecular formula is C19H17ClF3N5O3S. The second-order valence-electron chi connectivity index (χ2n) is 7.19. The zero-order valence-corrected chi connectivity index (χ0v) is 18.2. The van der Waals surface area contributed by atoms with Gasteiger partial charge in [0.2, 0.25) is 10.0 Å². The van der Waals surface area contributed by atoms with Gasteiger partial charge in [-0.2, -0.15) is 22.6 Å². The molecule has 1 aliphatic heterocycles. The highest BCUT2D eigenvalue weighted by molar-refractivity contribution is 7.89. The van der Waals surface area contributed by atoms with Gasteiger partial charge in [0, 0.05) is 38.6 Å². The van der Waals surface area contributed by atoms with Crippen molar-refractivity contribution in [3.05, 3.63) is 58.5 Å². The molecular weight excluding hydrogens is 471 g/mol. The van der Waals surface area contributed by atoms with Gasteiger partial charge in [0.1, 0.15) is 10.5 Å². The normalized spacial score (nSPS) is 16.0. The molecule has 0 spiro atoms. The van der Waals surface area contributed by atoms with Crippen molar-refractivity contribution in [2.24, 2.45) is 0 Å². The molecule has 0 atom stereocenters. The van der Waals surface area contributed by atoms with E-state index in [0.29, 0.717) is 23.0 Å². The third kappa shape index (κ3) is 3.93. The third-order valence-corrected chi connectivity index (χ3v) is 7.57. The Hall–Kier alpha value is -2.70. The fourth-order valence-electron chi connectivity index (χ4n) is 3.55. The molecule has 2 aromatic heterocycles. The first-order valence-electron chi connectivity index (χ1n) is 9.46. The lowest BCUT2D eigenvalue weighted by Crippen LogP contribution is -2.50. The lowest BCUT2D eigenvalue weighted by Gasteiger charge is -2.34. The van der Waals surface area contributed by atoms with Crippen molar-refractivity contribution in [3.8, 4) is 0 Å². The van der Waals surface area contributed by atoms with Crippen molar-refractivity contribution in [2.45, 2.75) is 18.0 Å². The summed E-state index contributed by atoms with van der Waals surface area (Å²) in [5, 5.41) is 3.95. The van der Waals surface area contributed by atoms with Crippen LogP contribution >= 0.6 is 11.6 Å². The van der Waals surface area contributed by atoms with Crippen LogP contribution in [0, 0.1) is 6.92 Å². The van der Waals surface area contributed by atoms with E-state index in [2.05, 4.69) is 10.1 Å². The van der Waals surface area contributed by atoms with Gasteiger partial charge in [0.05, 0.1) is 16.3 Å². The smallest absolute Gasteiger partial charge is 0.336 e. The van der Waals surface area contributed by atoms with Gasteiger partial charge in [-0.1, -0.05) is 11.6 Å². The highest BCUT2D eigenvalue weighted by Crippen LogP contribution is 2.34. The molecule has 0 N–H and O–H groups in total. The largest absolute Gasteiger partial charge is 0.416 e. The van der Waals surface area contributed by atoms with Crippen molar-refractivity contribution in [1.82, 2.24) is 23.8 Å². The summed E-state index contributed by atoms with van der Waals surface area (Å²) < 4.78 is 67.6. The van der Waals surface area contributed by atoms with Gasteiger partial charge in [-0.05, 0) is 31.2 Å². The van der Waals surface area contributed by atoms with Crippen LogP contribution in [0.4, 0.5) is 13.2 Å². The van der Waals surface area contributed by atoms with Crippen molar-refractivity contribution in [2.75, 3.05) is 26.2 Å². The summed E-state index contributed by atoms with van der Waals surface area (Å²) in [6, 6.07) is 3.85. The first-order chi connectivity index (χ1) is 15.0. The van der Waals surface area contributed by atoms with Crippen molar-refractivity contribution in [3.63, 3.8) is 0 Å². The maximum Gasteiger partial charge on any atom is 0.416 e. The fourth-order valence-corrected chi connectivity index (χ4v) is 5.48. The summed E-state index contributed by atoms with van der Waals surface area (Å²) in [5.74, 6) is -0.342. The molecule has 170 valence electrons. The van der Waals surface area contributed by atoms with Crippen molar-refractivity contribution in [1.29, 1.82) is 0 Å². The van der Waals surface area contributed by atoms with Gasteiger partial charge in [0.25, 0.3) is 5.91 Å². The molecule has 1 aliphatic rings. The van der Waals surface area contributed by atoms with E-state index in [-0.39, 0.29) is 37.1 Å². The van der Waals surface area contributed by atoms with Crippen LogP contribution in [0.1, 0.15) is 21.6 Å². The number of hydrogen-bond donors (Lipinski definition) is 0. The molecule has 3 aromatic rings. The third-order valence-electron chi connectivity index (χ3n) is 5.19. The van der Waals surface area contributed by atoms with Gasteiger partial charge >= 0.3 is 6.18 Å². The van der Waals surface area contributed by atoms with Crippen molar-refractivity contribution >= 4 is 33.2 Å². The zero-order valence-electron chi connectivity index (χ0n) is 16.7. The summed E-state index contributed by atoms with van der Waals surface area (Å²) >= 11 is 5.92. The molecule has 1 aromatic carbocycles. The number of rotatable bonds is 3. The van der Waals surface area contributed by atoms with E-state index < -0.39 is 26.7 Å². The Bertz CT molecular complexity index is 1300. The Labute approximate surface area is 186 Å². The minimum Gasteiger partial charge on any atom is -0.336 e. The van der Waals surface area contributed by atoms with E-state index in [9.17, 15) is 26.4 Å². The molecule has 1 fully saturated rings. The summed E-state index contributed by atoms with van der Waals surface area (Å²) in [4.78, 5) is 18.1. The SMILES string of the molecule is Cc1nn2cccnc2c1C(=O)N1CCN(S(=O)(=O)c2cc(C(F)(F)F)ccc2Cl)CC1. The number of benzene rings is 1. The van der Waals surface area contributed by atoms with E-state index in [0.717, 1.165) is 16.4 Å². The van der Waals surface area contributed by atoms with Crippen LogP contribution in [0.3, 0.4) is 0 Å². The van der Waals surface area contributed by atoms with E-state index in [1.54, 1.807) is 19.2 Å². The summed E-state index contributed by atoms with van der Waals surface area (Å²) in [5.41, 5.74) is 0.0912. The van der Waals surface area contributed by atoms with Gasteiger partial charge in [0.15, 0.2) is 5.65 Å². The van der Waals surface area contributed by atoms with Gasteiger partial charge in [-0.25, -0.2) is 17.9 Å². The number of carbonyl (C=O) groups excluding carboxylic acids is 1. The Kier molecular flexibility index (Phi) is 5.63. The maximum atomic E-state index is 13.0. The number of alkyl halides is 3. The molecule has 32 heavy (non-hydrogen) atoms. The fraction of sp³-hybridized carbons (Fsp3) is 0.316. The zero-order chi connectivity index (χ0) is 23.3. The quantitative estimate of drug-likeness (QED) is 0.567. The maximum absolute atomic E-state index is 13.0. The molecule has 0 radical (unpaired) electrons. The molecule has 4 rings (SSSR count). The summed E-state index contributed by atoms with van der Waals surface area (Å²) in [6.07, 6.45) is -1.51. The lowest BCUT2D eigenvalue weighted by molar-refractivity contribution is -0.137. The number of aromatic nitrogens is 3. The minimum atomic E-state index is -4.71. The number of fused-ring (bicyclic) bond motifs is 1. The molecule has 1 amide bonds. The van der Waals surface area contributed by atoms with Gasteiger partial charge in [-0.3, -0.25) is 4.79 Å². The van der Waals surface area contributed by atoms with Crippen molar-refractivity contribution < 1.29 is 26.4 Å². The molecule has 1 saturated heterocycles. The molecule has 0 saturated carbocycles. The van der Waals surface area contributed by atoms with E-state index in [1.807, 2.05) is 0 Å². The Morgan fingerprint density at radius 3 is 2.50 bits per heavy atom. The van der Waals surface area contributed by atoms with E-state index >= 15 is 0 Å². The number of amides is 1. The van der Waals surface area contributed by atoms with Crippen LogP contribution in [-0.2, 0) is 16.2 Å². The predicted molar refractivity (Wildman–Crippen MR) is 109 cm³/mol. The van der Waals surface area contributed by atoms with Crippen LogP contribution in [0.15, 0.2) is 41.6 Å². The Balaban J connectivity index is 1.55. The standard InChI is InChI=1S/C19H17ClF3N5O3S/c1-12-16(17-24-5-2-6-28(17)25-12)18(29)26-7-9-27(10-8-26)32(30,31)15-11-13(19(21,22)23)3-4-14(15)20/h2-6,11H,7-10H2,1H3. The first-order valence-corrected chi connectivity index (χ1v) is 11.3. The molecule has 0 aliphatic carbocycles. The van der Waals surface area contributed by atoms with Crippen LogP contribution in [0.5, 0.6) is 0 Å². The summed E-state index contributed by atoms with van der Waals surface area (Å²) in [6.45, 7) is 1.60. The van der Waals surface area contributed by atoms with E-state index in [4.69, 9.17) is 11.6 Å². The van der Waals surface area contributed by atoms with E-state index in [1.165, 1.54) is 15.6 Å². The minimum absolute atomic E-state index is 0.0538. The lowest BCUT2D eigenvalue weighted by atomic mass is 10.2. The monoisotopic (exact) mass is 487 g/mol. The number of nitrogens with zero attached hydrogens (tertiary/aromatic N) is 5. The highest BCUT2D eigenvalue weighted by atomic mass is 35.5. The van der Waals surface area contributed by atoms with Crippen LogP contribution in [-0.4, -0.2) is 64.3 Å². The predicted octanol–water partition coefficient (Wildman–Crippen LogP) is 2.86. The van der Waals surface area contributed by atoms with Gasteiger partial charge < -0.3 is 4.90 Å². The van der Waals surface area contributed by atoms with Crippen LogP contribution < -0.4 is 0 Å². The number of hydrogen-bond acceptors (Lipinski definition) is 5. The van der Waals surface area contributed by atoms with Gasteiger partial charge in [-0.15, -0.1) is 0 Å². The topological polar surface area (TPSA) is 87.9 Å². The number of aryl methyl sites for hydroxylation is 1. The number of sulfonamides is 1. The second kappa shape index (κ2) is 8.01. The average Bonchev–Trinajstić information content (AvgIpc) is 3.08. The number of carbonyl (C=O) groups is 1.